The predicted molar refractivity (Wildman–Crippen MR) is 120 cm³/mol. The molecule has 0 bridgehead atoms. The van der Waals surface area contributed by atoms with E-state index in [9.17, 15) is 9.59 Å². The minimum atomic E-state index is -1.06. The SMILES string of the molecule is CCOC(=O)C1C(=O)N(CCOC)c2nc3ccccc3n2C1c1cccc(OCC)c1. The van der Waals surface area contributed by atoms with Crippen LogP contribution < -0.4 is 9.64 Å². The molecule has 0 radical (unpaired) electrons. The van der Waals surface area contributed by atoms with E-state index in [1.807, 2.05) is 60.0 Å². The first kappa shape index (κ1) is 21.8. The summed E-state index contributed by atoms with van der Waals surface area (Å²) in [5, 5.41) is 0. The number of ether oxygens (including phenoxy) is 3. The molecule has 8 heteroatoms. The minimum absolute atomic E-state index is 0.184. The number of hydrogen-bond donors (Lipinski definition) is 0. The minimum Gasteiger partial charge on any atom is -0.494 e. The van der Waals surface area contributed by atoms with Crippen molar-refractivity contribution in [1.82, 2.24) is 9.55 Å². The summed E-state index contributed by atoms with van der Waals surface area (Å²) in [5.74, 6) is -0.812. The number of rotatable bonds is 8. The van der Waals surface area contributed by atoms with Crippen LogP contribution in [0.15, 0.2) is 48.5 Å². The van der Waals surface area contributed by atoms with E-state index < -0.39 is 17.9 Å². The van der Waals surface area contributed by atoms with Crippen molar-refractivity contribution in [2.45, 2.75) is 19.9 Å². The van der Waals surface area contributed by atoms with Crippen molar-refractivity contribution in [3.05, 3.63) is 54.1 Å². The number of esters is 1. The van der Waals surface area contributed by atoms with Crippen molar-refractivity contribution >= 4 is 28.9 Å². The van der Waals surface area contributed by atoms with Crippen LogP contribution in [-0.2, 0) is 19.1 Å². The second-order valence-corrected chi connectivity index (χ2v) is 7.43. The number of methoxy groups -OCH3 is 1. The maximum Gasteiger partial charge on any atom is 0.321 e. The lowest BCUT2D eigenvalue weighted by Gasteiger charge is -2.37. The third kappa shape index (κ3) is 3.82. The van der Waals surface area contributed by atoms with Crippen molar-refractivity contribution < 1.29 is 23.8 Å². The second-order valence-electron chi connectivity index (χ2n) is 7.43. The Balaban J connectivity index is 1.96. The molecule has 1 aliphatic rings. The highest BCUT2D eigenvalue weighted by atomic mass is 16.5. The molecule has 0 N–H and O–H groups in total. The number of imidazole rings is 1. The van der Waals surface area contributed by atoms with Gasteiger partial charge in [-0.25, -0.2) is 4.98 Å². The smallest absolute Gasteiger partial charge is 0.321 e. The number of carbonyl (C=O) groups is 2. The van der Waals surface area contributed by atoms with Crippen LogP contribution in [0.25, 0.3) is 11.0 Å². The van der Waals surface area contributed by atoms with Crippen molar-refractivity contribution in [1.29, 1.82) is 0 Å². The van der Waals surface area contributed by atoms with Gasteiger partial charge < -0.3 is 18.8 Å². The Bertz CT molecular complexity index is 1130. The number of nitrogens with zero attached hydrogens (tertiary/aromatic N) is 3. The van der Waals surface area contributed by atoms with E-state index in [0.717, 1.165) is 16.6 Å². The van der Waals surface area contributed by atoms with Crippen molar-refractivity contribution in [3.8, 4) is 5.75 Å². The lowest BCUT2D eigenvalue weighted by atomic mass is 9.89. The summed E-state index contributed by atoms with van der Waals surface area (Å²) in [6, 6.07) is 14.5. The molecular formula is C24H27N3O5. The molecule has 0 saturated carbocycles. The number of anilines is 1. The van der Waals surface area contributed by atoms with Gasteiger partial charge in [0.05, 0.1) is 43.4 Å². The van der Waals surface area contributed by atoms with Gasteiger partial charge in [-0.15, -0.1) is 0 Å². The Morgan fingerprint density at radius 1 is 1.09 bits per heavy atom. The van der Waals surface area contributed by atoms with E-state index in [1.165, 1.54) is 4.90 Å². The second kappa shape index (κ2) is 9.40. The topological polar surface area (TPSA) is 82.9 Å². The van der Waals surface area contributed by atoms with E-state index in [2.05, 4.69) is 0 Å². The van der Waals surface area contributed by atoms with Gasteiger partial charge >= 0.3 is 5.97 Å². The zero-order chi connectivity index (χ0) is 22.7. The molecule has 8 nitrogen and oxygen atoms in total. The lowest BCUT2D eigenvalue weighted by Crippen LogP contribution is -2.51. The van der Waals surface area contributed by atoms with E-state index in [0.29, 0.717) is 24.9 Å². The van der Waals surface area contributed by atoms with Gasteiger partial charge in [-0.2, -0.15) is 0 Å². The molecule has 0 fully saturated rings. The molecule has 0 saturated heterocycles. The molecule has 2 unspecified atom stereocenters. The van der Waals surface area contributed by atoms with E-state index in [4.69, 9.17) is 19.2 Å². The first-order valence-corrected chi connectivity index (χ1v) is 10.8. The zero-order valence-corrected chi connectivity index (χ0v) is 18.5. The zero-order valence-electron chi connectivity index (χ0n) is 18.5. The van der Waals surface area contributed by atoms with Gasteiger partial charge in [0, 0.05) is 7.11 Å². The van der Waals surface area contributed by atoms with Crippen LogP contribution >= 0.6 is 0 Å². The summed E-state index contributed by atoms with van der Waals surface area (Å²) in [4.78, 5) is 33.1. The molecule has 1 amide bonds. The first-order valence-electron chi connectivity index (χ1n) is 10.8. The van der Waals surface area contributed by atoms with Gasteiger partial charge in [-0.1, -0.05) is 24.3 Å². The van der Waals surface area contributed by atoms with Crippen molar-refractivity contribution in [3.63, 3.8) is 0 Å². The third-order valence-corrected chi connectivity index (χ3v) is 5.51. The molecule has 0 spiro atoms. The molecule has 2 atom stereocenters. The fourth-order valence-electron chi connectivity index (χ4n) is 4.20. The van der Waals surface area contributed by atoms with Crippen LogP contribution in [0, 0.1) is 5.92 Å². The Hall–Kier alpha value is -3.39. The van der Waals surface area contributed by atoms with Crippen LogP contribution in [0.4, 0.5) is 5.95 Å². The highest BCUT2D eigenvalue weighted by Crippen LogP contribution is 2.41. The summed E-state index contributed by atoms with van der Waals surface area (Å²) in [6.07, 6.45) is 0. The van der Waals surface area contributed by atoms with Gasteiger partial charge in [-0.3, -0.25) is 14.5 Å². The van der Waals surface area contributed by atoms with Crippen LogP contribution in [0.3, 0.4) is 0 Å². The maximum atomic E-state index is 13.7. The van der Waals surface area contributed by atoms with Gasteiger partial charge in [0.25, 0.3) is 0 Å². The van der Waals surface area contributed by atoms with Crippen LogP contribution in [0.2, 0.25) is 0 Å². The first-order chi connectivity index (χ1) is 15.6. The van der Waals surface area contributed by atoms with Gasteiger partial charge in [-0.05, 0) is 43.7 Å². The number of fused-ring (bicyclic) bond motifs is 3. The number of hydrogen-bond acceptors (Lipinski definition) is 6. The fourth-order valence-corrected chi connectivity index (χ4v) is 4.20. The molecule has 0 aliphatic carbocycles. The number of aromatic nitrogens is 2. The largest absolute Gasteiger partial charge is 0.494 e. The third-order valence-electron chi connectivity index (χ3n) is 5.51. The molecule has 168 valence electrons. The Morgan fingerprint density at radius 2 is 1.91 bits per heavy atom. The maximum absolute atomic E-state index is 13.7. The number of para-hydroxylation sites is 2. The highest BCUT2D eigenvalue weighted by molar-refractivity contribution is 6.08. The Labute approximate surface area is 186 Å². The summed E-state index contributed by atoms with van der Waals surface area (Å²) in [6.45, 7) is 4.93. The average molecular weight is 437 g/mol. The molecule has 1 aliphatic heterocycles. The highest BCUT2D eigenvalue weighted by Gasteiger charge is 2.47. The monoisotopic (exact) mass is 437 g/mol. The van der Waals surface area contributed by atoms with Crippen molar-refractivity contribution in [2.24, 2.45) is 5.92 Å². The molecule has 4 rings (SSSR count). The average Bonchev–Trinajstić information content (AvgIpc) is 3.17. The summed E-state index contributed by atoms with van der Waals surface area (Å²) >= 11 is 0. The summed E-state index contributed by atoms with van der Waals surface area (Å²) in [7, 11) is 1.57. The van der Waals surface area contributed by atoms with E-state index in [-0.39, 0.29) is 19.1 Å². The van der Waals surface area contributed by atoms with E-state index in [1.54, 1.807) is 14.0 Å². The fraction of sp³-hybridized carbons (Fsp3) is 0.375. The Morgan fingerprint density at radius 3 is 2.66 bits per heavy atom. The predicted octanol–water partition coefficient (Wildman–Crippen LogP) is 3.20. The van der Waals surface area contributed by atoms with Crippen LogP contribution in [-0.4, -0.2) is 54.9 Å². The molecule has 2 aromatic carbocycles. The molecule has 2 heterocycles. The van der Waals surface area contributed by atoms with Crippen LogP contribution in [0.1, 0.15) is 25.5 Å². The van der Waals surface area contributed by atoms with E-state index >= 15 is 0 Å². The standard InChI is InChI=1S/C24H27N3O5/c1-4-31-17-10-8-9-16(15-17)21-20(23(29)32-5-2)22(28)26(13-14-30-3)24-25-18-11-6-7-12-19(18)27(21)24/h6-12,15,20-21H,4-5,13-14H2,1-3H3. The lowest BCUT2D eigenvalue weighted by molar-refractivity contribution is -0.153. The number of benzene rings is 2. The molecule has 1 aromatic heterocycles. The molecule has 32 heavy (non-hydrogen) atoms. The van der Waals surface area contributed by atoms with Gasteiger partial charge in [0.15, 0.2) is 5.92 Å². The van der Waals surface area contributed by atoms with Gasteiger partial charge in [0.1, 0.15) is 5.75 Å². The quantitative estimate of drug-likeness (QED) is 0.398. The van der Waals surface area contributed by atoms with Gasteiger partial charge in [0.2, 0.25) is 11.9 Å². The Kier molecular flexibility index (Phi) is 6.41. The normalized spacial score (nSPS) is 18.0. The molecular weight excluding hydrogens is 410 g/mol. The summed E-state index contributed by atoms with van der Waals surface area (Å²) in [5.41, 5.74) is 2.35. The summed E-state index contributed by atoms with van der Waals surface area (Å²) < 4.78 is 18.2. The van der Waals surface area contributed by atoms with Crippen LogP contribution in [0.5, 0.6) is 5.75 Å². The van der Waals surface area contributed by atoms with Crippen molar-refractivity contribution in [2.75, 3.05) is 38.4 Å². The number of amides is 1. The number of carbonyl (C=O) groups excluding carboxylic acids is 2. The molecule has 3 aromatic rings.